The zero-order chi connectivity index (χ0) is 10.8. The highest BCUT2D eigenvalue weighted by atomic mass is 79.9. The lowest BCUT2D eigenvalue weighted by Gasteiger charge is -2.02. The van der Waals surface area contributed by atoms with E-state index in [2.05, 4.69) is 15.9 Å². The minimum absolute atomic E-state index is 0.207. The van der Waals surface area contributed by atoms with Crippen LogP contribution in [-0.4, -0.2) is 14.2 Å². The van der Waals surface area contributed by atoms with Crippen molar-refractivity contribution in [2.45, 2.75) is 13.3 Å². The van der Waals surface area contributed by atoms with Crippen molar-refractivity contribution in [2.75, 3.05) is 5.75 Å². The molecule has 1 aromatic carbocycles. The fourth-order valence-electron chi connectivity index (χ4n) is 1.20. The van der Waals surface area contributed by atoms with Gasteiger partial charge in [-0.05, 0) is 36.6 Å². The molecule has 0 bridgehead atoms. The molecule has 1 aromatic rings. The normalized spacial score (nSPS) is 11.6. The van der Waals surface area contributed by atoms with E-state index in [0.717, 1.165) is 15.6 Å². The number of hydrogen-bond donors (Lipinski definition) is 0. The van der Waals surface area contributed by atoms with Gasteiger partial charge in [-0.3, -0.25) is 0 Å². The molecule has 5 heteroatoms. The predicted molar refractivity (Wildman–Crippen MR) is 57.5 cm³/mol. The molecule has 0 aliphatic heterocycles. The highest BCUT2D eigenvalue weighted by Gasteiger charge is 2.07. The maximum absolute atomic E-state index is 12.2. The Kier molecular flexibility index (Phi) is 3.66. The third-order valence-electron chi connectivity index (χ3n) is 1.74. The Morgan fingerprint density at radius 3 is 2.50 bits per heavy atom. The van der Waals surface area contributed by atoms with Gasteiger partial charge in [0.1, 0.15) is 0 Å². The summed E-state index contributed by atoms with van der Waals surface area (Å²) in [6, 6.07) is 5.54. The predicted octanol–water partition coefficient (Wildman–Crippen LogP) is 2.60. The molecule has 0 unspecified atom stereocenters. The van der Waals surface area contributed by atoms with E-state index in [1.54, 1.807) is 6.07 Å². The summed E-state index contributed by atoms with van der Waals surface area (Å²) in [5.41, 5.74) is 1.84. The van der Waals surface area contributed by atoms with Crippen LogP contribution in [0, 0.1) is 6.92 Å². The van der Waals surface area contributed by atoms with Crippen molar-refractivity contribution in [3.05, 3.63) is 33.8 Å². The Morgan fingerprint density at radius 1 is 1.36 bits per heavy atom. The van der Waals surface area contributed by atoms with Crippen molar-refractivity contribution < 1.29 is 12.3 Å². The topological polar surface area (TPSA) is 34.1 Å². The molecule has 1 rings (SSSR count). The lowest BCUT2D eigenvalue weighted by Crippen LogP contribution is -2.02. The van der Waals surface area contributed by atoms with Gasteiger partial charge in [0.15, 0.2) is 0 Å². The monoisotopic (exact) mass is 280 g/mol. The van der Waals surface area contributed by atoms with Crippen LogP contribution in [0.15, 0.2) is 22.7 Å². The van der Waals surface area contributed by atoms with Crippen LogP contribution in [0.1, 0.15) is 11.1 Å². The quantitative estimate of drug-likeness (QED) is 0.798. The molecular formula is C9H10BrFO2S. The molecule has 0 amide bonds. The smallest absolute Gasteiger partial charge is 0.195 e. The molecule has 14 heavy (non-hydrogen) atoms. The molecule has 0 saturated carbocycles. The van der Waals surface area contributed by atoms with Crippen LogP contribution in [0.3, 0.4) is 0 Å². The number of hydrogen-bond acceptors (Lipinski definition) is 2. The van der Waals surface area contributed by atoms with Crippen LogP contribution in [0.5, 0.6) is 0 Å². The second-order valence-corrected chi connectivity index (χ2v) is 5.53. The molecule has 0 fully saturated rings. The van der Waals surface area contributed by atoms with Gasteiger partial charge in [0, 0.05) is 4.47 Å². The summed E-state index contributed by atoms with van der Waals surface area (Å²) in [6.45, 7) is 1.90. The summed E-state index contributed by atoms with van der Waals surface area (Å²) < 4.78 is 33.7. The van der Waals surface area contributed by atoms with Crippen molar-refractivity contribution in [3.63, 3.8) is 0 Å². The van der Waals surface area contributed by atoms with Crippen LogP contribution in [0.4, 0.5) is 3.89 Å². The number of aryl methyl sites for hydroxylation is 2. The van der Waals surface area contributed by atoms with Crippen molar-refractivity contribution in [2.24, 2.45) is 0 Å². The van der Waals surface area contributed by atoms with E-state index in [1.165, 1.54) is 0 Å². The van der Waals surface area contributed by atoms with E-state index in [0.29, 0.717) is 0 Å². The first-order valence-corrected chi connectivity index (χ1v) is 6.40. The average Bonchev–Trinajstić information content (AvgIpc) is 1.97. The summed E-state index contributed by atoms with van der Waals surface area (Å²) in [6.07, 6.45) is 0.207. The van der Waals surface area contributed by atoms with Gasteiger partial charge < -0.3 is 0 Å². The Labute approximate surface area is 91.5 Å². The molecule has 2 nitrogen and oxygen atoms in total. The molecule has 0 heterocycles. The van der Waals surface area contributed by atoms with Crippen molar-refractivity contribution in [1.29, 1.82) is 0 Å². The second-order valence-electron chi connectivity index (χ2n) is 3.13. The maximum Gasteiger partial charge on any atom is 0.302 e. The lowest BCUT2D eigenvalue weighted by atomic mass is 10.1. The molecule has 0 radical (unpaired) electrons. The van der Waals surface area contributed by atoms with Gasteiger partial charge in [-0.1, -0.05) is 22.0 Å². The zero-order valence-corrected chi connectivity index (χ0v) is 10.0. The van der Waals surface area contributed by atoms with E-state index >= 15 is 0 Å². The summed E-state index contributed by atoms with van der Waals surface area (Å²) in [5.74, 6) is -0.455. The van der Waals surface area contributed by atoms with Gasteiger partial charge in [0.2, 0.25) is 0 Å². The Hall–Kier alpha value is -0.420. The van der Waals surface area contributed by atoms with Crippen LogP contribution in [0.2, 0.25) is 0 Å². The molecule has 0 aliphatic carbocycles. The Balaban J connectivity index is 2.78. The largest absolute Gasteiger partial charge is 0.302 e. The first-order valence-electron chi connectivity index (χ1n) is 4.05. The third kappa shape index (κ3) is 4.19. The lowest BCUT2D eigenvalue weighted by molar-refractivity contribution is 0.551. The highest BCUT2D eigenvalue weighted by Crippen LogP contribution is 2.16. The summed E-state index contributed by atoms with van der Waals surface area (Å²) in [4.78, 5) is 0. The van der Waals surface area contributed by atoms with E-state index in [9.17, 15) is 12.3 Å². The van der Waals surface area contributed by atoms with Gasteiger partial charge in [-0.2, -0.15) is 8.42 Å². The Morgan fingerprint density at radius 2 is 2.00 bits per heavy atom. The number of halogens is 2. The van der Waals surface area contributed by atoms with Crippen LogP contribution < -0.4 is 0 Å². The van der Waals surface area contributed by atoms with Gasteiger partial charge in [-0.25, -0.2) is 0 Å². The molecule has 0 N–H and O–H groups in total. The average molecular weight is 281 g/mol. The minimum Gasteiger partial charge on any atom is -0.195 e. The van der Waals surface area contributed by atoms with Crippen LogP contribution in [0.25, 0.3) is 0 Å². The van der Waals surface area contributed by atoms with Gasteiger partial charge in [0.25, 0.3) is 0 Å². The van der Waals surface area contributed by atoms with Gasteiger partial charge >= 0.3 is 10.2 Å². The van der Waals surface area contributed by atoms with E-state index in [4.69, 9.17) is 0 Å². The number of rotatable bonds is 3. The van der Waals surface area contributed by atoms with Crippen molar-refractivity contribution in [3.8, 4) is 0 Å². The van der Waals surface area contributed by atoms with E-state index in [-0.39, 0.29) is 6.42 Å². The SMILES string of the molecule is Cc1cc(Br)cc(CCS(=O)(=O)F)c1. The van der Waals surface area contributed by atoms with Crippen molar-refractivity contribution in [1.82, 2.24) is 0 Å². The third-order valence-corrected chi connectivity index (χ3v) is 2.89. The number of benzene rings is 1. The zero-order valence-electron chi connectivity index (χ0n) is 7.63. The first-order chi connectivity index (χ1) is 6.37. The fraction of sp³-hybridized carbons (Fsp3) is 0.333. The second kappa shape index (κ2) is 4.40. The molecular weight excluding hydrogens is 271 g/mol. The summed E-state index contributed by atoms with van der Waals surface area (Å²) in [5, 5.41) is 0. The molecule has 0 aromatic heterocycles. The maximum atomic E-state index is 12.2. The minimum atomic E-state index is -4.36. The summed E-state index contributed by atoms with van der Waals surface area (Å²) in [7, 11) is -4.36. The standard InChI is InChI=1S/C9H10BrFO2S/c1-7-4-8(6-9(10)5-7)2-3-14(11,12)13/h4-6H,2-3H2,1H3. The first kappa shape index (κ1) is 11.7. The van der Waals surface area contributed by atoms with Gasteiger partial charge in [-0.15, -0.1) is 3.89 Å². The molecule has 78 valence electrons. The highest BCUT2D eigenvalue weighted by molar-refractivity contribution is 9.10. The van der Waals surface area contributed by atoms with Crippen molar-refractivity contribution >= 4 is 26.2 Å². The van der Waals surface area contributed by atoms with Crippen LogP contribution >= 0.6 is 15.9 Å². The van der Waals surface area contributed by atoms with Crippen LogP contribution in [-0.2, 0) is 16.6 Å². The Bertz CT molecular complexity index is 408. The summed E-state index contributed by atoms with van der Waals surface area (Å²) >= 11 is 3.29. The van der Waals surface area contributed by atoms with Gasteiger partial charge in [0.05, 0.1) is 5.75 Å². The van der Waals surface area contributed by atoms with E-state index in [1.807, 2.05) is 19.1 Å². The fourth-order valence-corrected chi connectivity index (χ4v) is 2.33. The molecule has 0 spiro atoms. The molecule has 0 atom stereocenters. The molecule has 0 saturated heterocycles. The van der Waals surface area contributed by atoms with E-state index < -0.39 is 16.0 Å². The molecule has 0 aliphatic rings.